The van der Waals surface area contributed by atoms with Crippen molar-refractivity contribution in [2.24, 2.45) is 5.73 Å². The molecule has 2 aromatic carbocycles. The molecule has 8 heteroatoms. The average Bonchev–Trinajstić information content (AvgIpc) is 3.40. The van der Waals surface area contributed by atoms with E-state index in [9.17, 15) is 9.59 Å². The van der Waals surface area contributed by atoms with Crippen LogP contribution in [0.15, 0.2) is 77.3 Å². The summed E-state index contributed by atoms with van der Waals surface area (Å²) in [5.74, 6) is 0.991. The first-order chi connectivity index (χ1) is 15.0. The number of para-hydroxylation sites is 1. The van der Waals surface area contributed by atoms with Crippen molar-refractivity contribution >= 4 is 17.6 Å². The maximum absolute atomic E-state index is 13.0. The highest BCUT2D eigenvalue weighted by Gasteiger charge is 2.20. The van der Waals surface area contributed by atoms with Crippen LogP contribution in [-0.2, 0) is 6.54 Å². The Morgan fingerprint density at radius 2 is 1.77 bits per heavy atom. The maximum atomic E-state index is 13.0. The van der Waals surface area contributed by atoms with Gasteiger partial charge in [0.2, 0.25) is 0 Å². The molecule has 0 bridgehead atoms. The van der Waals surface area contributed by atoms with E-state index in [2.05, 4.69) is 15.7 Å². The Kier molecular flexibility index (Phi) is 5.53. The summed E-state index contributed by atoms with van der Waals surface area (Å²) in [6.45, 7) is 2.15. The number of aromatic nitrogens is 2. The molecule has 0 aliphatic rings. The van der Waals surface area contributed by atoms with Crippen molar-refractivity contribution in [3.63, 3.8) is 0 Å². The summed E-state index contributed by atoms with van der Waals surface area (Å²) in [6, 6.07) is 19.6. The third kappa shape index (κ3) is 4.64. The second kappa shape index (κ2) is 8.58. The van der Waals surface area contributed by atoms with Crippen molar-refractivity contribution in [3.8, 4) is 17.1 Å². The van der Waals surface area contributed by atoms with E-state index in [0.717, 1.165) is 17.0 Å². The second-order valence-electron chi connectivity index (χ2n) is 6.95. The molecule has 0 atom stereocenters. The lowest BCUT2D eigenvalue weighted by Crippen LogP contribution is -2.23. The van der Waals surface area contributed by atoms with Crippen LogP contribution in [-0.4, -0.2) is 21.7 Å². The van der Waals surface area contributed by atoms with Gasteiger partial charge in [0.05, 0.1) is 11.3 Å². The van der Waals surface area contributed by atoms with Crippen LogP contribution in [0.5, 0.6) is 0 Å². The monoisotopic (exact) mass is 415 g/mol. The summed E-state index contributed by atoms with van der Waals surface area (Å²) >= 11 is 0. The summed E-state index contributed by atoms with van der Waals surface area (Å²) in [6.07, 6.45) is 1.69. The minimum absolute atomic E-state index is 0.273. The number of nitrogens with one attached hydrogen (secondary N) is 2. The van der Waals surface area contributed by atoms with Gasteiger partial charge in [0.1, 0.15) is 11.5 Å². The predicted molar refractivity (Wildman–Crippen MR) is 117 cm³/mol. The van der Waals surface area contributed by atoms with E-state index in [0.29, 0.717) is 29.2 Å². The molecule has 2 aromatic heterocycles. The Balaban J connectivity index is 1.56. The third-order valence-corrected chi connectivity index (χ3v) is 4.63. The molecule has 0 unspecified atom stereocenters. The topological polar surface area (TPSA) is 115 Å². The molecule has 0 aliphatic heterocycles. The van der Waals surface area contributed by atoms with Gasteiger partial charge in [-0.05, 0) is 48.9 Å². The average molecular weight is 415 g/mol. The Labute approximate surface area is 178 Å². The van der Waals surface area contributed by atoms with E-state index < -0.39 is 6.03 Å². The van der Waals surface area contributed by atoms with Crippen molar-refractivity contribution in [2.75, 3.05) is 5.32 Å². The van der Waals surface area contributed by atoms with Crippen molar-refractivity contribution in [3.05, 3.63) is 89.8 Å². The Bertz CT molecular complexity index is 1210. The number of nitrogens with two attached hydrogens (primary N) is 1. The van der Waals surface area contributed by atoms with Gasteiger partial charge in [-0.25, -0.2) is 9.48 Å². The summed E-state index contributed by atoms with van der Waals surface area (Å²) in [7, 11) is 0. The number of carbonyl (C=O) groups is 2. The van der Waals surface area contributed by atoms with Crippen LogP contribution in [0.1, 0.15) is 21.7 Å². The van der Waals surface area contributed by atoms with E-state index in [1.165, 1.54) is 0 Å². The summed E-state index contributed by atoms with van der Waals surface area (Å²) in [5, 5.41) is 10.00. The Morgan fingerprint density at radius 1 is 1.03 bits per heavy atom. The summed E-state index contributed by atoms with van der Waals surface area (Å²) < 4.78 is 7.38. The van der Waals surface area contributed by atoms with Gasteiger partial charge in [0.25, 0.3) is 5.91 Å². The lowest BCUT2D eigenvalue weighted by molar-refractivity contribution is 0.0951. The maximum Gasteiger partial charge on any atom is 0.316 e. The number of hydrogen-bond donors (Lipinski definition) is 3. The highest BCUT2D eigenvalue weighted by atomic mass is 16.3. The minimum Gasteiger partial charge on any atom is -0.460 e. The van der Waals surface area contributed by atoms with Crippen molar-refractivity contribution in [1.29, 1.82) is 0 Å². The van der Waals surface area contributed by atoms with Crippen LogP contribution >= 0.6 is 0 Å². The first-order valence-electron chi connectivity index (χ1n) is 9.65. The fourth-order valence-electron chi connectivity index (χ4n) is 3.12. The molecule has 0 aliphatic carbocycles. The summed E-state index contributed by atoms with van der Waals surface area (Å²) in [4.78, 5) is 23.9. The lowest BCUT2D eigenvalue weighted by Gasteiger charge is -2.06. The lowest BCUT2D eigenvalue weighted by atomic mass is 10.1. The molecule has 3 amide bonds. The number of primary amides is 1. The van der Waals surface area contributed by atoms with Crippen LogP contribution in [0.4, 0.5) is 10.5 Å². The van der Waals surface area contributed by atoms with Crippen LogP contribution in [0.25, 0.3) is 17.1 Å². The zero-order valence-corrected chi connectivity index (χ0v) is 16.8. The molecule has 4 N–H and O–H groups in total. The summed E-state index contributed by atoms with van der Waals surface area (Å²) in [5.41, 5.74) is 8.28. The van der Waals surface area contributed by atoms with Gasteiger partial charge >= 0.3 is 6.03 Å². The fraction of sp³-hybridized carbons (Fsp3) is 0.0870. The van der Waals surface area contributed by atoms with Gasteiger partial charge in [-0.15, -0.1) is 0 Å². The number of carbonyl (C=O) groups excluding carboxylic acids is 2. The van der Waals surface area contributed by atoms with Gasteiger partial charge in [0.15, 0.2) is 5.76 Å². The first kappa shape index (κ1) is 20.0. The number of rotatable bonds is 6. The van der Waals surface area contributed by atoms with Crippen LogP contribution in [0.3, 0.4) is 0 Å². The predicted octanol–water partition coefficient (Wildman–Crippen LogP) is 3.86. The molecule has 0 fully saturated rings. The minimum atomic E-state index is -0.628. The molecule has 0 spiro atoms. The van der Waals surface area contributed by atoms with E-state index in [1.807, 2.05) is 43.3 Å². The molecular formula is C23H21N5O3. The van der Waals surface area contributed by atoms with Gasteiger partial charge in [-0.1, -0.05) is 30.3 Å². The molecule has 4 aromatic rings. The smallest absolute Gasteiger partial charge is 0.316 e. The standard InChI is InChI=1S/C23H21N5O3/c1-15-7-12-20(31-15)21-19(14-28(27-21)18-5-3-2-4-6-18)22(29)25-13-16-8-10-17(11-9-16)26-23(24)30/h2-12,14H,13H2,1H3,(H,25,29)(H3,24,26,30). The fourth-order valence-corrected chi connectivity index (χ4v) is 3.12. The Morgan fingerprint density at radius 3 is 2.42 bits per heavy atom. The van der Waals surface area contributed by atoms with E-state index in [4.69, 9.17) is 10.2 Å². The number of anilines is 1. The molecule has 0 radical (unpaired) electrons. The number of amides is 3. The molecule has 2 heterocycles. The van der Waals surface area contributed by atoms with E-state index >= 15 is 0 Å². The number of aryl methyl sites for hydroxylation is 1. The molecule has 0 saturated carbocycles. The highest BCUT2D eigenvalue weighted by molar-refractivity contribution is 5.99. The van der Waals surface area contributed by atoms with Crippen LogP contribution < -0.4 is 16.4 Å². The van der Waals surface area contributed by atoms with Crippen LogP contribution in [0.2, 0.25) is 0 Å². The van der Waals surface area contributed by atoms with Crippen LogP contribution in [0, 0.1) is 6.92 Å². The quantitative estimate of drug-likeness (QED) is 0.443. The largest absolute Gasteiger partial charge is 0.460 e. The van der Waals surface area contributed by atoms with Crippen molar-refractivity contribution < 1.29 is 14.0 Å². The number of benzene rings is 2. The SMILES string of the molecule is Cc1ccc(-c2nn(-c3ccccc3)cc2C(=O)NCc2ccc(NC(N)=O)cc2)o1. The molecule has 0 saturated heterocycles. The van der Waals surface area contributed by atoms with Gasteiger partial charge in [0, 0.05) is 18.4 Å². The normalized spacial score (nSPS) is 10.6. The molecule has 31 heavy (non-hydrogen) atoms. The highest BCUT2D eigenvalue weighted by Crippen LogP contribution is 2.26. The Hall–Kier alpha value is -4.33. The van der Waals surface area contributed by atoms with E-state index in [1.54, 1.807) is 41.2 Å². The second-order valence-corrected chi connectivity index (χ2v) is 6.95. The van der Waals surface area contributed by atoms with E-state index in [-0.39, 0.29) is 5.91 Å². The van der Waals surface area contributed by atoms with Gasteiger partial charge < -0.3 is 20.8 Å². The molecule has 4 rings (SSSR count). The first-order valence-corrected chi connectivity index (χ1v) is 9.65. The molecular weight excluding hydrogens is 394 g/mol. The zero-order valence-electron chi connectivity index (χ0n) is 16.8. The van der Waals surface area contributed by atoms with Crippen molar-refractivity contribution in [1.82, 2.24) is 15.1 Å². The number of furan rings is 1. The number of nitrogens with zero attached hydrogens (tertiary/aromatic N) is 2. The third-order valence-electron chi connectivity index (χ3n) is 4.63. The molecule has 8 nitrogen and oxygen atoms in total. The molecule has 156 valence electrons. The zero-order chi connectivity index (χ0) is 21.8. The van der Waals surface area contributed by atoms with Crippen molar-refractivity contribution in [2.45, 2.75) is 13.5 Å². The van der Waals surface area contributed by atoms with Gasteiger partial charge in [-0.2, -0.15) is 5.10 Å². The van der Waals surface area contributed by atoms with Gasteiger partial charge in [-0.3, -0.25) is 4.79 Å². The number of hydrogen-bond acceptors (Lipinski definition) is 4. The number of urea groups is 1.